The smallest absolute Gasteiger partial charge is 0.107 e. The fraction of sp³-hybridized carbons (Fsp3) is 0.500. The van der Waals surface area contributed by atoms with Crippen LogP contribution in [0.3, 0.4) is 0 Å². The Morgan fingerprint density at radius 1 is 1.47 bits per heavy atom. The van der Waals surface area contributed by atoms with Crippen LogP contribution in [0.25, 0.3) is 0 Å². The minimum absolute atomic E-state index is 0.492. The van der Waals surface area contributed by atoms with E-state index in [0.717, 1.165) is 13.0 Å². The zero-order chi connectivity index (χ0) is 13.2. The zero-order valence-electron chi connectivity index (χ0n) is 11.2. The summed E-state index contributed by atoms with van der Waals surface area (Å²) in [5.41, 5.74) is 1.49. The zero-order valence-corrected chi connectivity index (χ0v) is 13.6. The molecule has 3 rings (SSSR count). The molecule has 0 aromatic carbocycles. The molecule has 5 heteroatoms. The van der Waals surface area contributed by atoms with Crippen LogP contribution in [0.4, 0.5) is 0 Å². The lowest BCUT2D eigenvalue weighted by molar-refractivity contribution is 0.487. The second-order valence-corrected chi connectivity index (χ2v) is 8.66. The van der Waals surface area contributed by atoms with Crippen molar-refractivity contribution in [2.24, 2.45) is 0 Å². The van der Waals surface area contributed by atoms with Gasteiger partial charge >= 0.3 is 0 Å². The summed E-state index contributed by atoms with van der Waals surface area (Å²) in [7, 11) is 0. The molecule has 0 aliphatic carbocycles. The molecular formula is C14H18N2S3. The molecule has 1 aliphatic heterocycles. The largest absolute Gasteiger partial charge is 0.303 e. The number of nitrogens with one attached hydrogen (secondary N) is 1. The highest BCUT2D eigenvalue weighted by atomic mass is 32.2. The van der Waals surface area contributed by atoms with Gasteiger partial charge in [-0.2, -0.15) is 0 Å². The first-order valence-electron chi connectivity index (χ1n) is 6.67. The van der Waals surface area contributed by atoms with Gasteiger partial charge in [0.05, 0.1) is 4.21 Å². The topological polar surface area (TPSA) is 24.9 Å². The Morgan fingerprint density at radius 3 is 3.16 bits per heavy atom. The van der Waals surface area contributed by atoms with E-state index in [-0.39, 0.29) is 0 Å². The van der Waals surface area contributed by atoms with E-state index in [1.54, 1.807) is 0 Å². The summed E-state index contributed by atoms with van der Waals surface area (Å²) in [6.07, 6.45) is 4.31. The average Bonchev–Trinajstić information content (AvgIpc) is 3.03. The molecule has 2 atom stereocenters. The summed E-state index contributed by atoms with van der Waals surface area (Å²) in [5.74, 6) is 0. The van der Waals surface area contributed by atoms with E-state index in [0.29, 0.717) is 11.3 Å². The summed E-state index contributed by atoms with van der Waals surface area (Å²) in [4.78, 5) is 5.86. The third kappa shape index (κ3) is 3.05. The number of fused-ring (bicyclic) bond motifs is 1. The quantitative estimate of drug-likeness (QED) is 0.901. The van der Waals surface area contributed by atoms with Crippen LogP contribution in [-0.2, 0) is 13.0 Å². The number of thiazole rings is 1. The van der Waals surface area contributed by atoms with E-state index in [4.69, 9.17) is 0 Å². The normalized spacial score (nSPS) is 22.4. The SMILES string of the molecule is CCc1cnc(CNC2C[C@H](C)Sc3sccc32)s1. The Kier molecular flexibility index (Phi) is 4.27. The van der Waals surface area contributed by atoms with E-state index in [1.165, 1.54) is 26.1 Å². The highest BCUT2D eigenvalue weighted by Crippen LogP contribution is 2.43. The lowest BCUT2D eigenvalue weighted by Crippen LogP contribution is -2.25. The molecule has 3 heterocycles. The molecule has 2 aromatic rings. The predicted molar refractivity (Wildman–Crippen MR) is 85.3 cm³/mol. The maximum Gasteiger partial charge on any atom is 0.107 e. The van der Waals surface area contributed by atoms with Gasteiger partial charge in [-0.25, -0.2) is 4.98 Å². The van der Waals surface area contributed by atoms with Crippen LogP contribution >= 0.6 is 34.4 Å². The van der Waals surface area contributed by atoms with Crippen molar-refractivity contribution < 1.29 is 0 Å². The summed E-state index contributed by atoms with van der Waals surface area (Å²) < 4.78 is 1.49. The molecule has 0 fully saturated rings. The van der Waals surface area contributed by atoms with E-state index in [9.17, 15) is 0 Å². The van der Waals surface area contributed by atoms with Gasteiger partial charge < -0.3 is 5.32 Å². The molecule has 19 heavy (non-hydrogen) atoms. The minimum atomic E-state index is 0.492. The van der Waals surface area contributed by atoms with E-state index in [1.807, 2.05) is 40.6 Å². The lowest BCUT2D eigenvalue weighted by Gasteiger charge is -2.27. The highest BCUT2D eigenvalue weighted by molar-refractivity contribution is 8.01. The average molecular weight is 311 g/mol. The summed E-state index contributed by atoms with van der Waals surface area (Å²) >= 11 is 5.72. The number of thiophene rings is 1. The molecular weight excluding hydrogens is 292 g/mol. The van der Waals surface area contributed by atoms with Crippen molar-refractivity contribution in [2.45, 2.75) is 48.7 Å². The van der Waals surface area contributed by atoms with Gasteiger partial charge in [0.1, 0.15) is 5.01 Å². The van der Waals surface area contributed by atoms with Crippen molar-refractivity contribution >= 4 is 34.4 Å². The lowest BCUT2D eigenvalue weighted by atomic mass is 10.1. The molecule has 102 valence electrons. The Hall–Kier alpha value is -0.360. The Bertz CT molecular complexity index is 546. The second-order valence-electron chi connectivity index (χ2n) is 4.83. The number of aromatic nitrogens is 1. The van der Waals surface area contributed by atoms with Gasteiger partial charge in [-0.1, -0.05) is 13.8 Å². The third-order valence-corrected chi connectivity index (χ3v) is 6.84. The van der Waals surface area contributed by atoms with Gasteiger partial charge in [0.2, 0.25) is 0 Å². The van der Waals surface area contributed by atoms with Gasteiger partial charge in [-0.05, 0) is 29.9 Å². The third-order valence-electron chi connectivity index (χ3n) is 3.36. The van der Waals surface area contributed by atoms with Crippen LogP contribution in [0.1, 0.15) is 41.8 Å². The van der Waals surface area contributed by atoms with Gasteiger partial charge in [-0.3, -0.25) is 0 Å². The Balaban J connectivity index is 1.67. The number of hydrogen-bond acceptors (Lipinski definition) is 5. The van der Waals surface area contributed by atoms with Crippen LogP contribution in [0, 0.1) is 0 Å². The van der Waals surface area contributed by atoms with Crippen molar-refractivity contribution in [3.8, 4) is 0 Å². The molecule has 0 amide bonds. The monoisotopic (exact) mass is 310 g/mol. The first-order valence-corrected chi connectivity index (χ1v) is 9.25. The number of nitrogens with zero attached hydrogens (tertiary/aromatic N) is 1. The fourth-order valence-electron chi connectivity index (χ4n) is 2.35. The fourth-order valence-corrected chi connectivity index (χ4v) is 5.73. The molecule has 0 saturated carbocycles. The molecule has 2 nitrogen and oxygen atoms in total. The van der Waals surface area contributed by atoms with Gasteiger partial charge in [0, 0.05) is 28.9 Å². The molecule has 1 N–H and O–H groups in total. The molecule has 0 radical (unpaired) electrons. The first kappa shape index (κ1) is 13.6. The number of rotatable bonds is 4. The molecule has 0 bridgehead atoms. The van der Waals surface area contributed by atoms with Crippen molar-refractivity contribution in [2.75, 3.05) is 0 Å². The van der Waals surface area contributed by atoms with Crippen LogP contribution in [0.2, 0.25) is 0 Å². The van der Waals surface area contributed by atoms with Crippen molar-refractivity contribution in [1.82, 2.24) is 10.3 Å². The number of hydrogen-bond donors (Lipinski definition) is 1. The molecule has 1 aliphatic rings. The van der Waals surface area contributed by atoms with Crippen molar-refractivity contribution in [3.63, 3.8) is 0 Å². The second kappa shape index (κ2) is 5.95. The minimum Gasteiger partial charge on any atom is -0.303 e. The van der Waals surface area contributed by atoms with Gasteiger partial charge in [-0.15, -0.1) is 34.4 Å². The number of thioether (sulfide) groups is 1. The van der Waals surface area contributed by atoms with Crippen molar-refractivity contribution in [1.29, 1.82) is 0 Å². The van der Waals surface area contributed by atoms with Crippen LogP contribution in [0.5, 0.6) is 0 Å². The van der Waals surface area contributed by atoms with E-state index < -0.39 is 0 Å². The van der Waals surface area contributed by atoms with Crippen LogP contribution in [0.15, 0.2) is 21.9 Å². The maximum atomic E-state index is 4.49. The standard InChI is InChI=1S/C14H18N2S3/c1-3-10-7-16-13(19-10)8-15-12-6-9(2)18-14-11(12)4-5-17-14/h4-5,7,9,12,15H,3,6,8H2,1-2H3/t9-,12?/m0/s1. The van der Waals surface area contributed by atoms with E-state index in [2.05, 4.69) is 35.6 Å². The van der Waals surface area contributed by atoms with Crippen LogP contribution in [-0.4, -0.2) is 10.2 Å². The number of aryl methyl sites for hydroxylation is 1. The molecule has 2 aromatic heterocycles. The molecule has 1 unspecified atom stereocenters. The molecule has 0 spiro atoms. The van der Waals surface area contributed by atoms with Crippen molar-refractivity contribution in [3.05, 3.63) is 33.1 Å². The Morgan fingerprint density at radius 2 is 2.37 bits per heavy atom. The van der Waals surface area contributed by atoms with Crippen LogP contribution < -0.4 is 5.32 Å². The summed E-state index contributed by atoms with van der Waals surface area (Å²) in [6.45, 7) is 5.39. The van der Waals surface area contributed by atoms with E-state index >= 15 is 0 Å². The molecule has 0 saturated heterocycles. The van der Waals surface area contributed by atoms with Gasteiger partial charge in [0.25, 0.3) is 0 Å². The maximum absolute atomic E-state index is 4.49. The summed E-state index contributed by atoms with van der Waals surface area (Å²) in [5, 5.41) is 7.81. The first-order chi connectivity index (χ1) is 9.26. The highest BCUT2D eigenvalue weighted by Gasteiger charge is 2.25. The predicted octanol–water partition coefficient (Wildman–Crippen LogP) is 4.48. The Labute approximate surface area is 126 Å². The van der Waals surface area contributed by atoms with Gasteiger partial charge in [0.15, 0.2) is 0 Å². The summed E-state index contributed by atoms with van der Waals surface area (Å²) in [6, 6.07) is 2.77.